The Hall–Kier alpha value is -0.440. The van der Waals surface area contributed by atoms with Crippen molar-refractivity contribution in [2.45, 2.75) is 33.6 Å². The van der Waals surface area contributed by atoms with Gasteiger partial charge in [-0.2, -0.15) is 0 Å². The van der Waals surface area contributed by atoms with Crippen molar-refractivity contribution in [3.63, 3.8) is 0 Å². The van der Waals surface area contributed by atoms with Crippen LogP contribution in [-0.2, 0) is 0 Å². The van der Waals surface area contributed by atoms with Crippen LogP contribution in [0.2, 0.25) is 0 Å². The number of hydrogen-bond acceptors (Lipinski definition) is 0. The van der Waals surface area contributed by atoms with E-state index < -0.39 is 0 Å². The molecular formula is C10H15. The summed E-state index contributed by atoms with van der Waals surface area (Å²) in [6.45, 7) is 6.44. The van der Waals surface area contributed by atoms with Crippen LogP contribution in [-0.4, -0.2) is 0 Å². The van der Waals surface area contributed by atoms with Crippen molar-refractivity contribution in [1.82, 2.24) is 0 Å². The molecule has 0 nitrogen and oxygen atoms in total. The molecule has 1 saturated carbocycles. The molecule has 0 aromatic heterocycles. The molecule has 1 fully saturated rings. The Morgan fingerprint density at radius 3 is 2.30 bits per heavy atom. The van der Waals surface area contributed by atoms with Crippen LogP contribution < -0.4 is 0 Å². The van der Waals surface area contributed by atoms with Gasteiger partial charge in [0.1, 0.15) is 0 Å². The van der Waals surface area contributed by atoms with Crippen LogP contribution >= 0.6 is 0 Å². The van der Waals surface area contributed by atoms with Gasteiger partial charge in [0.05, 0.1) is 0 Å². The van der Waals surface area contributed by atoms with E-state index in [0.29, 0.717) is 0 Å². The summed E-state index contributed by atoms with van der Waals surface area (Å²) in [7, 11) is 0. The van der Waals surface area contributed by atoms with Gasteiger partial charge in [-0.3, -0.25) is 0 Å². The quantitative estimate of drug-likeness (QED) is 0.511. The minimum Gasteiger partial charge on any atom is -0.120 e. The molecule has 0 bridgehead atoms. The molecule has 0 unspecified atom stereocenters. The second-order valence-electron chi connectivity index (χ2n) is 3.73. The van der Waals surface area contributed by atoms with Crippen LogP contribution in [0, 0.1) is 29.6 Å². The van der Waals surface area contributed by atoms with Gasteiger partial charge >= 0.3 is 0 Å². The highest BCUT2D eigenvalue weighted by Gasteiger charge is 2.37. The summed E-state index contributed by atoms with van der Waals surface area (Å²) >= 11 is 0. The molecule has 1 aliphatic rings. The van der Waals surface area contributed by atoms with Gasteiger partial charge in [-0.1, -0.05) is 12.8 Å². The van der Waals surface area contributed by atoms with Crippen LogP contribution in [0.3, 0.4) is 0 Å². The molecule has 0 spiro atoms. The van der Waals surface area contributed by atoms with E-state index in [0.717, 1.165) is 5.92 Å². The van der Waals surface area contributed by atoms with Crippen molar-refractivity contribution in [1.29, 1.82) is 0 Å². The SMILES string of the molecule is C#CC(C)(C)[C](C)C1CC1. The Labute approximate surface area is 64.0 Å². The monoisotopic (exact) mass is 135 g/mol. The van der Waals surface area contributed by atoms with Gasteiger partial charge in [0.2, 0.25) is 0 Å². The first kappa shape index (κ1) is 7.66. The molecule has 1 rings (SSSR count). The van der Waals surface area contributed by atoms with Crippen molar-refractivity contribution >= 4 is 0 Å². The summed E-state index contributed by atoms with van der Waals surface area (Å²) in [5, 5.41) is 0. The highest BCUT2D eigenvalue weighted by Crippen LogP contribution is 2.46. The first-order valence-electron chi connectivity index (χ1n) is 3.89. The molecule has 1 radical (unpaired) electrons. The molecule has 0 N–H and O–H groups in total. The summed E-state index contributed by atoms with van der Waals surface area (Å²) < 4.78 is 0. The molecular weight excluding hydrogens is 120 g/mol. The van der Waals surface area contributed by atoms with Crippen LogP contribution in [0.4, 0.5) is 0 Å². The van der Waals surface area contributed by atoms with Gasteiger partial charge in [0.15, 0.2) is 0 Å². The lowest BCUT2D eigenvalue weighted by molar-refractivity contribution is 0.478. The fourth-order valence-electron chi connectivity index (χ4n) is 1.14. The topological polar surface area (TPSA) is 0 Å². The van der Waals surface area contributed by atoms with E-state index in [4.69, 9.17) is 6.42 Å². The minimum absolute atomic E-state index is 0.0289. The average Bonchev–Trinajstić information content (AvgIpc) is 2.68. The van der Waals surface area contributed by atoms with E-state index >= 15 is 0 Å². The molecule has 0 aromatic carbocycles. The van der Waals surface area contributed by atoms with Crippen molar-refractivity contribution in [3.05, 3.63) is 5.92 Å². The van der Waals surface area contributed by atoms with E-state index in [1.54, 1.807) is 0 Å². The van der Waals surface area contributed by atoms with Gasteiger partial charge in [0.25, 0.3) is 0 Å². The molecule has 55 valence electrons. The largest absolute Gasteiger partial charge is 0.120 e. The van der Waals surface area contributed by atoms with Gasteiger partial charge in [-0.15, -0.1) is 6.42 Å². The Balaban J connectivity index is 2.54. The molecule has 0 aliphatic heterocycles. The van der Waals surface area contributed by atoms with Crippen molar-refractivity contribution in [2.75, 3.05) is 0 Å². The number of hydrogen-bond donors (Lipinski definition) is 0. The van der Waals surface area contributed by atoms with E-state index in [1.165, 1.54) is 18.8 Å². The smallest absolute Gasteiger partial charge is 0.0317 e. The maximum Gasteiger partial charge on any atom is 0.0317 e. The van der Waals surface area contributed by atoms with Crippen molar-refractivity contribution in [2.24, 2.45) is 11.3 Å². The molecule has 0 saturated heterocycles. The lowest BCUT2D eigenvalue weighted by atomic mass is 9.78. The zero-order valence-corrected chi connectivity index (χ0v) is 7.07. The van der Waals surface area contributed by atoms with Gasteiger partial charge in [0, 0.05) is 5.41 Å². The predicted molar refractivity (Wildman–Crippen MR) is 44.3 cm³/mol. The predicted octanol–water partition coefficient (Wildman–Crippen LogP) is 2.65. The zero-order chi connectivity index (χ0) is 7.78. The van der Waals surface area contributed by atoms with Crippen molar-refractivity contribution < 1.29 is 0 Å². The second-order valence-corrected chi connectivity index (χ2v) is 3.73. The minimum atomic E-state index is 0.0289. The standard InChI is InChI=1S/C10H15/c1-5-10(3,4)8(2)9-6-7-9/h1,9H,6-7H2,2-4H3. The zero-order valence-electron chi connectivity index (χ0n) is 7.07. The molecule has 0 atom stereocenters. The molecule has 0 heterocycles. The second kappa shape index (κ2) is 2.31. The van der Waals surface area contributed by atoms with Crippen LogP contribution in [0.5, 0.6) is 0 Å². The Morgan fingerprint density at radius 2 is 2.00 bits per heavy atom. The molecule has 0 aromatic rings. The summed E-state index contributed by atoms with van der Waals surface area (Å²) in [6, 6.07) is 0. The van der Waals surface area contributed by atoms with E-state index in [9.17, 15) is 0 Å². The first-order chi connectivity index (χ1) is 4.58. The van der Waals surface area contributed by atoms with Crippen molar-refractivity contribution in [3.8, 4) is 12.3 Å². The van der Waals surface area contributed by atoms with Gasteiger partial charge < -0.3 is 0 Å². The average molecular weight is 135 g/mol. The number of rotatable bonds is 2. The summed E-state index contributed by atoms with van der Waals surface area (Å²) in [4.78, 5) is 0. The number of terminal acetylenes is 1. The third-order valence-electron chi connectivity index (χ3n) is 2.54. The first-order valence-corrected chi connectivity index (χ1v) is 3.89. The summed E-state index contributed by atoms with van der Waals surface area (Å²) in [5.74, 6) is 5.16. The van der Waals surface area contributed by atoms with Crippen LogP contribution in [0.1, 0.15) is 33.6 Å². The Morgan fingerprint density at radius 1 is 1.50 bits per heavy atom. The maximum atomic E-state index is 5.40. The van der Waals surface area contributed by atoms with Gasteiger partial charge in [-0.25, -0.2) is 0 Å². The van der Waals surface area contributed by atoms with E-state index in [-0.39, 0.29) is 5.41 Å². The van der Waals surface area contributed by atoms with Gasteiger partial charge in [-0.05, 0) is 38.5 Å². The molecule has 0 heteroatoms. The molecule has 1 aliphatic carbocycles. The van der Waals surface area contributed by atoms with Crippen LogP contribution in [0.15, 0.2) is 0 Å². The third kappa shape index (κ3) is 1.34. The summed E-state index contributed by atoms with van der Waals surface area (Å²) in [6.07, 6.45) is 8.12. The maximum absolute atomic E-state index is 5.40. The Kier molecular flexibility index (Phi) is 1.77. The molecule has 0 amide bonds. The third-order valence-corrected chi connectivity index (χ3v) is 2.54. The van der Waals surface area contributed by atoms with Crippen LogP contribution in [0.25, 0.3) is 0 Å². The fraction of sp³-hybridized carbons (Fsp3) is 0.700. The van der Waals surface area contributed by atoms with E-state index in [1.807, 2.05) is 0 Å². The lowest BCUT2D eigenvalue weighted by Gasteiger charge is -2.25. The highest BCUT2D eigenvalue weighted by molar-refractivity contribution is 5.20. The molecule has 10 heavy (non-hydrogen) atoms. The Bertz CT molecular complexity index is 155. The van der Waals surface area contributed by atoms with E-state index in [2.05, 4.69) is 26.7 Å². The lowest BCUT2D eigenvalue weighted by Crippen LogP contribution is -2.18. The normalized spacial score (nSPS) is 19.1. The summed E-state index contributed by atoms with van der Waals surface area (Å²) in [5.41, 5.74) is 0.0289. The fourth-order valence-corrected chi connectivity index (χ4v) is 1.14. The highest BCUT2D eigenvalue weighted by atomic mass is 14.4.